The van der Waals surface area contributed by atoms with E-state index in [-0.39, 0.29) is 19.8 Å². The van der Waals surface area contributed by atoms with Crippen molar-refractivity contribution in [3.8, 4) is 0 Å². The first-order valence-corrected chi connectivity index (χ1v) is 8.20. The van der Waals surface area contributed by atoms with Gasteiger partial charge < -0.3 is 5.11 Å². The average molecular weight is 350 g/mol. The van der Waals surface area contributed by atoms with Crippen LogP contribution in [-0.4, -0.2) is 19.5 Å². The third-order valence-electron chi connectivity index (χ3n) is 2.55. The Morgan fingerprint density at radius 2 is 2.05 bits per heavy atom. The van der Waals surface area contributed by atoms with Crippen molar-refractivity contribution in [1.82, 2.24) is 0 Å². The fourth-order valence-corrected chi connectivity index (χ4v) is 4.05. The summed E-state index contributed by atoms with van der Waals surface area (Å²) in [6.07, 6.45) is 0. The highest BCUT2D eigenvalue weighted by molar-refractivity contribution is 7.93. The van der Waals surface area contributed by atoms with E-state index >= 15 is 0 Å². The van der Waals surface area contributed by atoms with Crippen molar-refractivity contribution in [3.05, 3.63) is 45.5 Å². The first-order valence-electron chi connectivity index (χ1n) is 5.52. The number of halogens is 2. The average Bonchev–Trinajstić information content (AvgIpc) is 2.72. The van der Waals surface area contributed by atoms with E-state index in [4.69, 9.17) is 16.7 Å². The number of rotatable bonds is 4. The van der Waals surface area contributed by atoms with E-state index in [0.717, 1.165) is 29.5 Å². The highest BCUT2D eigenvalue weighted by atomic mass is 35.5. The van der Waals surface area contributed by atoms with Gasteiger partial charge in [-0.25, -0.2) is 17.6 Å². The van der Waals surface area contributed by atoms with Crippen molar-refractivity contribution in [1.29, 1.82) is 0 Å². The highest BCUT2D eigenvalue weighted by Gasteiger charge is 2.19. The van der Waals surface area contributed by atoms with Crippen LogP contribution in [0, 0.1) is 12.7 Å². The smallest absolute Gasteiger partial charge is 0.346 e. The summed E-state index contributed by atoms with van der Waals surface area (Å²) in [5.74, 6) is -1.86. The van der Waals surface area contributed by atoms with E-state index in [1.54, 1.807) is 6.92 Å². The molecule has 0 spiro atoms. The number of carboxylic acids is 1. The molecule has 21 heavy (non-hydrogen) atoms. The SMILES string of the molecule is Cc1cc(NS(=O)(=O)c2ccc(F)c(Cl)c2)sc1C(=O)O. The summed E-state index contributed by atoms with van der Waals surface area (Å²) in [6, 6.07) is 4.41. The fourth-order valence-electron chi connectivity index (χ4n) is 1.58. The molecule has 2 N–H and O–H groups in total. The van der Waals surface area contributed by atoms with Crippen molar-refractivity contribution in [3.63, 3.8) is 0 Å². The zero-order valence-electron chi connectivity index (χ0n) is 10.6. The number of sulfonamides is 1. The molecular weight excluding hydrogens is 341 g/mol. The molecule has 0 saturated carbocycles. The van der Waals surface area contributed by atoms with Crippen LogP contribution in [-0.2, 0) is 10.0 Å². The number of benzene rings is 1. The Kier molecular flexibility index (Phi) is 4.22. The molecule has 1 heterocycles. The van der Waals surface area contributed by atoms with Gasteiger partial charge >= 0.3 is 5.97 Å². The second-order valence-electron chi connectivity index (χ2n) is 4.11. The van der Waals surface area contributed by atoms with Crippen molar-refractivity contribution in [2.75, 3.05) is 4.72 Å². The molecule has 2 rings (SSSR count). The summed E-state index contributed by atoms with van der Waals surface area (Å²) in [7, 11) is -3.97. The minimum absolute atomic E-state index is 0.0461. The standard InChI is InChI=1S/C12H9ClFNO4S2/c1-6-4-10(20-11(6)12(16)17)15-21(18,19)7-2-3-9(14)8(13)5-7/h2-5,15H,1H3,(H,16,17). The summed E-state index contributed by atoms with van der Waals surface area (Å²) in [6.45, 7) is 1.56. The van der Waals surface area contributed by atoms with Crippen LogP contribution >= 0.6 is 22.9 Å². The minimum atomic E-state index is -3.97. The minimum Gasteiger partial charge on any atom is -0.477 e. The van der Waals surface area contributed by atoms with Crippen LogP contribution in [0.25, 0.3) is 0 Å². The quantitative estimate of drug-likeness (QED) is 0.886. The van der Waals surface area contributed by atoms with Crippen LogP contribution in [0.1, 0.15) is 15.2 Å². The van der Waals surface area contributed by atoms with Gasteiger partial charge in [-0.15, -0.1) is 11.3 Å². The first-order chi connectivity index (χ1) is 9.70. The summed E-state index contributed by atoms with van der Waals surface area (Å²) < 4.78 is 39.5. The first kappa shape index (κ1) is 15.7. The number of hydrogen-bond donors (Lipinski definition) is 2. The Morgan fingerprint density at radius 1 is 1.38 bits per heavy atom. The van der Waals surface area contributed by atoms with E-state index < -0.39 is 21.8 Å². The molecule has 0 bridgehead atoms. The van der Waals surface area contributed by atoms with Crippen LogP contribution in [0.4, 0.5) is 9.39 Å². The Labute approximate surface area is 129 Å². The molecule has 0 unspecified atom stereocenters. The number of aromatic carboxylic acids is 1. The van der Waals surface area contributed by atoms with Crippen LogP contribution in [0.15, 0.2) is 29.2 Å². The number of hydrogen-bond acceptors (Lipinski definition) is 4. The third-order valence-corrected chi connectivity index (χ3v) is 5.47. The fraction of sp³-hybridized carbons (Fsp3) is 0.0833. The van der Waals surface area contributed by atoms with Gasteiger partial charge in [0.2, 0.25) is 0 Å². The highest BCUT2D eigenvalue weighted by Crippen LogP contribution is 2.29. The molecule has 0 radical (unpaired) electrons. The summed E-state index contributed by atoms with van der Waals surface area (Å²) in [5.41, 5.74) is 0.447. The van der Waals surface area contributed by atoms with Gasteiger partial charge in [0.1, 0.15) is 15.7 Å². The van der Waals surface area contributed by atoms with Crippen molar-refractivity contribution in [2.45, 2.75) is 11.8 Å². The normalized spacial score (nSPS) is 11.4. The van der Waals surface area contributed by atoms with E-state index in [9.17, 15) is 17.6 Å². The molecule has 0 amide bonds. The summed E-state index contributed by atoms with van der Waals surface area (Å²) in [5, 5.41) is 8.78. The molecule has 9 heteroatoms. The van der Waals surface area contributed by atoms with Gasteiger partial charge in [0.15, 0.2) is 0 Å². The molecule has 0 aliphatic carbocycles. The molecule has 1 aromatic heterocycles. The predicted molar refractivity (Wildman–Crippen MR) is 78.2 cm³/mol. The van der Waals surface area contributed by atoms with Crippen LogP contribution < -0.4 is 4.72 Å². The van der Waals surface area contributed by atoms with Crippen molar-refractivity contribution < 1.29 is 22.7 Å². The Morgan fingerprint density at radius 3 is 2.57 bits per heavy atom. The lowest BCUT2D eigenvalue weighted by atomic mass is 10.3. The Bertz CT molecular complexity index is 817. The van der Waals surface area contributed by atoms with Gasteiger partial charge in [-0.2, -0.15) is 0 Å². The Balaban J connectivity index is 2.35. The monoisotopic (exact) mass is 349 g/mol. The van der Waals surface area contributed by atoms with Gasteiger partial charge in [-0.1, -0.05) is 11.6 Å². The second-order valence-corrected chi connectivity index (χ2v) is 7.25. The second kappa shape index (κ2) is 5.63. The molecule has 0 aliphatic rings. The molecule has 0 aliphatic heterocycles. The predicted octanol–water partition coefficient (Wildman–Crippen LogP) is 3.35. The van der Waals surface area contributed by atoms with Gasteiger partial charge in [0, 0.05) is 0 Å². The van der Waals surface area contributed by atoms with Crippen molar-refractivity contribution in [2.24, 2.45) is 0 Å². The van der Waals surface area contributed by atoms with Crippen LogP contribution in [0.2, 0.25) is 5.02 Å². The zero-order chi connectivity index (χ0) is 15.8. The molecular formula is C12H9ClFNO4S2. The third kappa shape index (κ3) is 3.34. The van der Waals surface area contributed by atoms with E-state index in [1.165, 1.54) is 6.07 Å². The topological polar surface area (TPSA) is 83.5 Å². The maximum Gasteiger partial charge on any atom is 0.346 e. The van der Waals surface area contributed by atoms with Gasteiger partial charge in [0.05, 0.1) is 9.92 Å². The number of carboxylic acid groups (broad SMARTS) is 1. The maximum absolute atomic E-state index is 13.0. The lowest BCUT2D eigenvalue weighted by molar-refractivity contribution is 0.0701. The largest absolute Gasteiger partial charge is 0.477 e. The van der Waals surface area contributed by atoms with Crippen LogP contribution in [0.5, 0.6) is 0 Å². The van der Waals surface area contributed by atoms with Gasteiger partial charge in [-0.3, -0.25) is 4.72 Å². The molecule has 112 valence electrons. The zero-order valence-corrected chi connectivity index (χ0v) is 12.9. The number of thiophene rings is 1. The maximum atomic E-state index is 13.0. The summed E-state index contributed by atoms with van der Waals surface area (Å²) in [4.78, 5) is 10.8. The molecule has 0 atom stereocenters. The Hall–Kier alpha value is -1.64. The van der Waals surface area contributed by atoms with Crippen molar-refractivity contribution >= 4 is 43.9 Å². The molecule has 1 aromatic carbocycles. The van der Waals surface area contributed by atoms with Gasteiger partial charge in [-0.05, 0) is 36.8 Å². The molecule has 2 aromatic rings. The lowest BCUT2D eigenvalue weighted by Gasteiger charge is -2.06. The number of nitrogens with one attached hydrogen (secondary N) is 1. The van der Waals surface area contributed by atoms with E-state index in [0.29, 0.717) is 5.56 Å². The lowest BCUT2D eigenvalue weighted by Crippen LogP contribution is -2.12. The van der Waals surface area contributed by atoms with E-state index in [2.05, 4.69) is 4.72 Å². The number of carbonyl (C=O) groups is 1. The number of anilines is 1. The van der Waals surface area contributed by atoms with Crippen LogP contribution in [0.3, 0.4) is 0 Å². The summed E-state index contributed by atoms with van der Waals surface area (Å²) >= 11 is 6.35. The van der Waals surface area contributed by atoms with Gasteiger partial charge in [0.25, 0.3) is 10.0 Å². The molecule has 0 fully saturated rings. The molecule has 5 nitrogen and oxygen atoms in total. The van der Waals surface area contributed by atoms with E-state index in [1.807, 2.05) is 0 Å². The number of aryl methyl sites for hydroxylation is 1. The molecule has 0 saturated heterocycles.